The van der Waals surface area contributed by atoms with Gasteiger partial charge in [0.1, 0.15) is 5.75 Å². The van der Waals surface area contributed by atoms with Crippen LogP contribution in [-0.2, 0) is 12.8 Å². The van der Waals surface area contributed by atoms with Crippen LogP contribution in [0.4, 0.5) is 0 Å². The SMILES string of the molecule is COc1ccccc1CCNC1CCCc2ncccc21. The highest BCUT2D eigenvalue weighted by atomic mass is 16.5. The Morgan fingerprint density at radius 2 is 2.14 bits per heavy atom. The second-order valence-electron chi connectivity index (χ2n) is 5.50. The number of aryl methyl sites for hydroxylation is 1. The Balaban J connectivity index is 1.61. The quantitative estimate of drug-likeness (QED) is 0.913. The average Bonchev–Trinajstić information content (AvgIpc) is 2.55. The van der Waals surface area contributed by atoms with Crippen molar-refractivity contribution in [1.29, 1.82) is 0 Å². The molecule has 2 aromatic rings. The van der Waals surface area contributed by atoms with E-state index in [2.05, 4.69) is 28.5 Å². The Labute approximate surface area is 126 Å². The predicted molar refractivity (Wildman–Crippen MR) is 84.6 cm³/mol. The van der Waals surface area contributed by atoms with Crippen LogP contribution in [0.2, 0.25) is 0 Å². The number of hydrogen-bond acceptors (Lipinski definition) is 3. The van der Waals surface area contributed by atoms with Gasteiger partial charge in [0.25, 0.3) is 0 Å². The second kappa shape index (κ2) is 6.72. The van der Waals surface area contributed by atoms with Crippen LogP contribution in [0, 0.1) is 0 Å². The maximum atomic E-state index is 5.41. The molecule has 0 amide bonds. The molecule has 1 unspecified atom stereocenters. The summed E-state index contributed by atoms with van der Waals surface area (Å²) >= 11 is 0. The third-order valence-corrected chi connectivity index (χ3v) is 4.18. The van der Waals surface area contributed by atoms with E-state index in [1.165, 1.54) is 29.7 Å². The van der Waals surface area contributed by atoms with Gasteiger partial charge < -0.3 is 10.1 Å². The summed E-state index contributed by atoms with van der Waals surface area (Å²) in [7, 11) is 1.73. The molecule has 0 saturated carbocycles. The van der Waals surface area contributed by atoms with Gasteiger partial charge >= 0.3 is 0 Å². The first-order valence-electron chi connectivity index (χ1n) is 7.67. The summed E-state index contributed by atoms with van der Waals surface area (Å²) in [5, 5.41) is 3.68. The summed E-state index contributed by atoms with van der Waals surface area (Å²) in [6.45, 7) is 0.958. The van der Waals surface area contributed by atoms with E-state index in [1.807, 2.05) is 24.4 Å². The molecule has 1 atom stereocenters. The number of methoxy groups -OCH3 is 1. The van der Waals surface area contributed by atoms with E-state index in [0.29, 0.717) is 6.04 Å². The zero-order valence-corrected chi connectivity index (χ0v) is 12.5. The van der Waals surface area contributed by atoms with Gasteiger partial charge in [-0.3, -0.25) is 4.98 Å². The van der Waals surface area contributed by atoms with Crippen molar-refractivity contribution < 1.29 is 4.74 Å². The number of ether oxygens (including phenoxy) is 1. The molecule has 0 aliphatic heterocycles. The predicted octanol–water partition coefficient (Wildman–Crippen LogP) is 3.30. The van der Waals surface area contributed by atoms with E-state index < -0.39 is 0 Å². The van der Waals surface area contributed by atoms with Gasteiger partial charge in [0.05, 0.1) is 7.11 Å². The van der Waals surface area contributed by atoms with Crippen LogP contribution in [-0.4, -0.2) is 18.6 Å². The number of nitrogens with one attached hydrogen (secondary N) is 1. The van der Waals surface area contributed by atoms with E-state index in [9.17, 15) is 0 Å². The molecule has 0 saturated heterocycles. The van der Waals surface area contributed by atoms with Gasteiger partial charge in [0.2, 0.25) is 0 Å². The van der Waals surface area contributed by atoms with Crippen LogP contribution < -0.4 is 10.1 Å². The molecule has 21 heavy (non-hydrogen) atoms. The van der Waals surface area contributed by atoms with Crippen molar-refractivity contribution in [2.24, 2.45) is 0 Å². The van der Waals surface area contributed by atoms with Gasteiger partial charge in [0.15, 0.2) is 0 Å². The molecule has 110 valence electrons. The molecule has 1 heterocycles. The molecule has 0 radical (unpaired) electrons. The summed E-state index contributed by atoms with van der Waals surface area (Å²) < 4.78 is 5.41. The molecule has 1 aliphatic carbocycles. The van der Waals surface area contributed by atoms with Crippen LogP contribution in [0.1, 0.15) is 35.7 Å². The Hall–Kier alpha value is -1.87. The van der Waals surface area contributed by atoms with Crippen molar-refractivity contribution in [3.05, 3.63) is 59.4 Å². The fourth-order valence-electron chi connectivity index (χ4n) is 3.11. The first-order valence-corrected chi connectivity index (χ1v) is 7.67. The van der Waals surface area contributed by atoms with Gasteiger partial charge in [-0.15, -0.1) is 0 Å². The van der Waals surface area contributed by atoms with E-state index in [0.717, 1.165) is 25.1 Å². The minimum absolute atomic E-state index is 0.442. The van der Waals surface area contributed by atoms with Gasteiger partial charge in [-0.05, 0) is 55.5 Å². The largest absolute Gasteiger partial charge is 0.496 e. The van der Waals surface area contributed by atoms with Gasteiger partial charge in [0, 0.05) is 17.9 Å². The summed E-state index contributed by atoms with van der Waals surface area (Å²) in [6.07, 6.45) is 6.41. The summed E-state index contributed by atoms with van der Waals surface area (Å²) in [4.78, 5) is 4.50. The zero-order valence-electron chi connectivity index (χ0n) is 12.5. The number of hydrogen-bond donors (Lipinski definition) is 1. The number of fused-ring (bicyclic) bond motifs is 1. The van der Waals surface area contributed by atoms with E-state index in [1.54, 1.807) is 7.11 Å². The number of rotatable bonds is 5. The third-order valence-electron chi connectivity index (χ3n) is 4.18. The molecular weight excluding hydrogens is 260 g/mol. The Morgan fingerprint density at radius 3 is 3.05 bits per heavy atom. The molecule has 0 fully saturated rings. The smallest absolute Gasteiger partial charge is 0.122 e. The molecule has 0 bridgehead atoms. The number of para-hydroxylation sites is 1. The van der Waals surface area contributed by atoms with Gasteiger partial charge in [-0.1, -0.05) is 24.3 Å². The van der Waals surface area contributed by atoms with Crippen molar-refractivity contribution in [1.82, 2.24) is 10.3 Å². The minimum Gasteiger partial charge on any atom is -0.496 e. The fourth-order valence-corrected chi connectivity index (χ4v) is 3.11. The average molecular weight is 282 g/mol. The molecule has 3 heteroatoms. The number of aromatic nitrogens is 1. The van der Waals surface area contributed by atoms with Crippen LogP contribution in [0.15, 0.2) is 42.6 Å². The molecule has 3 nitrogen and oxygen atoms in total. The lowest BCUT2D eigenvalue weighted by Crippen LogP contribution is -2.27. The van der Waals surface area contributed by atoms with Crippen LogP contribution >= 0.6 is 0 Å². The minimum atomic E-state index is 0.442. The Bertz CT molecular complexity index is 597. The molecule has 0 spiro atoms. The highest BCUT2D eigenvalue weighted by Gasteiger charge is 2.19. The molecular formula is C18H22N2O. The number of benzene rings is 1. The molecule has 1 N–H and O–H groups in total. The lowest BCUT2D eigenvalue weighted by molar-refractivity contribution is 0.406. The molecule has 1 aliphatic rings. The summed E-state index contributed by atoms with van der Waals surface area (Å²) in [5.41, 5.74) is 3.90. The van der Waals surface area contributed by atoms with E-state index in [4.69, 9.17) is 4.74 Å². The van der Waals surface area contributed by atoms with Crippen molar-refractivity contribution in [3.63, 3.8) is 0 Å². The Morgan fingerprint density at radius 1 is 1.24 bits per heavy atom. The maximum Gasteiger partial charge on any atom is 0.122 e. The third kappa shape index (κ3) is 3.24. The number of pyridine rings is 1. The maximum absolute atomic E-state index is 5.41. The summed E-state index contributed by atoms with van der Waals surface area (Å²) in [6, 6.07) is 12.9. The van der Waals surface area contributed by atoms with E-state index in [-0.39, 0.29) is 0 Å². The topological polar surface area (TPSA) is 34.1 Å². The van der Waals surface area contributed by atoms with Gasteiger partial charge in [-0.2, -0.15) is 0 Å². The highest BCUT2D eigenvalue weighted by molar-refractivity contribution is 5.33. The lowest BCUT2D eigenvalue weighted by Gasteiger charge is -2.25. The van der Waals surface area contributed by atoms with Crippen molar-refractivity contribution in [2.45, 2.75) is 31.7 Å². The van der Waals surface area contributed by atoms with Crippen molar-refractivity contribution in [2.75, 3.05) is 13.7 Å². The molecule has 1 aromatic carbocycles. The zero-order chi connectivity index (χ0) is 14.5. The van der Waals surface area contributed by atoms with Crippen LogP contribution in [0.3, 0.4) is 0 Å². The Kier molecular flexibility index (Phi) is 4.51. The first-order chi connectivity index (χ1) is 10.4. The molecule has 1 aromatic heterocycles. The number of nitrogens with zero attached hydrogens (tertiary/aromatic N) is 1. The summed E-state index contributed by atoms with van der Waals surface area (Å²) in [5.74, 6) is 0.977. The lowest BCUT2D eigenvalue weighted by atomic mass is 9.91. The monoisotopic (exact) mass is 282 g/mol. The van der Waals surface area contributed by atoms with Crippen LogP contribution in [0.25, 0.3) is 0 Å². The van der Waals surface area contributed by atoms with Crippen molar-refractivity contribution in [3.8, 4) is 5.75 Å². The highest BCUT2D eigenvalue weighted by Crippen LogP contribution is 2.28. The molecule has 3 rings (SSSR count). The normalized spacial score (nSPS) is 17.3. The second-order valence-corrected chi connectivity index (χ2v) is 5.50. The van der Waals surface area contributed by atoms with Crippen molar-refractivity contribution >= 4 is 0 Å². The van der Waals surface area contributed by atoms with Crippen LogP contribution in [0.5, 0.6) is 5.75 Å². The van der Waals surface area contributed by atoms with Gasteiger partial charge in [-0.25, -0.2) is 0 Å². The first kappa shape index (κ1) is 14.1. The van der Waals surface area contributed by atoms with E-state index >= 15 is 0 Å². The fraction of sp³-hybridized carbons (Fsp3) is 0.389. The standard InChI is InChI=1S/C18H22N2O/c1-21-18-10-3-2-6-14(18)11-13-20-17-9-4-8-16-15(17)7-5-12-19-16/h2-3,5-7,10,12,17,20H,4,8-9,11,13H2,1H3.